The van der Waals surface area contributed by atoms with Crippen molar-refractivity contribution < 1.29 is 0 Å². The smallest absolute Gasteiger partial charge is 0.223 e. The van der Waals surface area contributed by atoms with E-state index >= 15 is 0 Å². The normalized spacial score (nSPS) is 20.4. The molecule has 0 aromatic carbocycles. The van der Waals surface area contributed by atoms with E-state index in [9.17, 15) is 0 Å². The van der Waals surface area contributed by atoms with Crippen LogP contribution in [0.2, 0.25) is 0 Å². The highest BCUT2D eigenvalue weighted by molar-refractivity contribution is 8.06. The molecule has 0 amide bonds. The fourth-order valence-electron chi connectivity index (χ4n) is 1.94. The van der Waals surface area contributed by atoms with Crippen LogP contribution in [0.5, 0.6) is 0 Å². The summed E-state index contributed by atoms with van der Waals surface area (Å²) in [6.07, 6.45) is 5.20. The fraction of sp³-hybridized carbons (Fsp3) is 0.429. The molecule has 0 unspecified atom stereocenters. The molecule has 3 rings (SSSR count). The van der Waals surface area contributed by atoms with Crippen molar-refractivity contribution in [1.29, 1.82) is 0 Å². The van der Waals surface area contributed by atoms with Crippen molar-refractivity contribution in [3.63, 3.8) is 0 Å². The fourth-order valence-corrected chi connectivity index (χ4v) is 2.84. The quantitative estimate of drug-likeness (QED) is 0.791. The number of allylic oxidation sites excluding steroid dienone is 1. The van der Waals surface area contributed by atoms with Gasteiger partial charge in [-0.05, 0) is 37.2 Å². The Balaban J connectivity index is 1.86. The second-order valence-corrected chi connectivity index (χ2v) is 6.01. The Hall–Kier alpha value is -1.69. The molecular weight excluding hydrogens is 270 g/mol. The van der Waals surface area contributed by atoms with Crippen molar-refractivity contribution in [3.8, 4) is 0 Å². The lowest BCUT2D eigenvalue weighted by Gasteiger charge is -2.11. The van der Waals surface area contributed by atoms with E-state index in [0.717, 1.165) is 22.7 Å². The highest BCUT2D eigenvalue weighted by Crippen LogP contribution is 2.31. The van der Waals surface area contributed by atoms with E-state index in [1.54, 1.807) is 11.8 Å². The molecule has 4 N–H and O–H groups in total. The van der Waals surface area contributed by atoms with Gasteiger partial charge in [-0.15, -0.1) is 0 Å². The average Bonchev–Trinajstić information content (AvgIpc) is 3.13. The van der Waals surface area contributed by atoms with Gasteiger partial charge in [-0.1, -0.05) is 18.7 Å². The molecule has 0 spiro atoms. The second-order valence-electron chi connectivity index (χ2n) is 5.13. The summed E-state index contributed by atoms with van der Waals surface area (Å²) in [6.45, 7) is 4.10. The topological polar surface area (TPSA) is 75.9 Å². The Morgan fingerprint density at radius 2 is 2.35 bits per heavy atom. The van der Waals surface area contributed by atoms with Crippen LogP contribution in [0, 0.1) is 6.92 Å². The molecule has 0 atom stereocenters. The van der Waals surface area contributed by atoms with Crippen molar-refractivity contribution in [3.05, 3.63) is 33.6 Å². The molecule has 0 bridgehead atoms. The third kappa shape index (κ3) is 2.75. The van der Waals surface area contributed by atoms with Crippen LogP contribution in [-0.2, 0) is 0 Å². The van der Waals surface area contributed by atoms with Gasteiger partial charge in [0.25, 0.3) is 0 Å². The van der Waals surface area contributed by atoms with Crippen LogP contribution in [0.3, 0.4) is 0 Å². The van der Waals surface area contributed by atoms with Gasteiger partial charge in [0.15, 0.2) is 0 Å². The first-order valence-electron chi connectivity index (χ1n) is 6.90. The molecule has 5 nitrogen and oxygen atoms in total. The summed E-state index contributed by atoms with van der Waals surface area (Å²) in [5.74, 6) is 0.670. The summed E-state index contributed by atoms with van der Waals surface area (Å²) < 4.78 is 0. The predicted octanol–water partition coefficient (Wildman–Crippen LogP) is 2.53. The summed E-state index contributed by atoms with van der Waals surface area (Å²) in [7, 11) is 0. The van der Waals surface area contributed by atoms with Crippen LogP contribution >= 0.6 is 11.8 Å². The molecule has 1 aromatic rings. The third-order valence-corrected chi connectivity index (χ3v) is 4.32. The van der Waals surface area contributed by atoms with E-state index < -0.39 is 0 Å². The molecule has 2 aliphatic rings. The predicted molar refractivity (Wildman–Crippen MR) is 83.6 cm³/mol. The van der Waals surface area contributed by atoms with Crippen LogP contribution in [-0.4, -0.2) is 16.0 Å². The molecule has 1 fully saturated rings. The molecular formula is C14H19N5S. The van der Waals surface area contributed by atoms with Crippen molar-refractivity contribution in [2.24, 2.45) is 5.73 Å². The van der Waals surface area contributed by atoms with Crippen molar-refractivity contribution in [2.75, 3.05) is 5.32 Å². The number of rotatable bonds is 4. The van der Waals surface area contributed by atoms with Gasteiger partial charge in [-0.25, -0.2) is 9.97 Å². The number of anilines is 1. The molecule has 0 radical (unpaired) electrons. The molecule has 6 heteroatoms. The van der Waals surface area contributed by atoms with Crippen molar-refractivity contribution in [2.45, 2.75) is 39.2 Å². The van der Waals surface area contributed by atoms with Crippen molar-refractivity contribution >= 4 is 23.4 Å². The zero-order valence-corrected chi connectivity index (χ0v) is 12.5. The number of aryl methyl sites for hydroxylation is 1. The van der Waals surface area contributed by atoms with E-state index in [4.69, 9.17) is 5.73 Å². The average molecular weight is 289 g/mol. The third-order valence-electron chi connectivity index (χ3n) is 3.36. The lowest BCUT2D eigenvalue weighted by molar-refractivity contribution is 0.946. The summed E-state index contributed by atoms with van der Waals surface area (Å²) in [5.41, 5.74) is 9.96. The zero-order valence-electron chi connectivity index (χ0n) is 11.7. The van der Waals surface area contributed by atoms with Gasteiger partial charge in [0, 0.05) is 17.9 Å². The van der Waals surface area contributed by atoms with Crippen LogP contribution in [0.1, 0.15) is 37.4 Å². The molecule has 106 valence electrons. The number of hydrogen-bond donors (Lipinski definition) is 3. The molecule has 1 aliphatic heterocycles. The molecule has 1 aromatic heterocycles. The summed E-state index contributed by atoms with van der Waals surface area (Å²) in [5, 5.41) is 9.70. The summed E-state index contributed by atoms with van der Waals surface area (Å²) >= 11 is 1.62. The minimum Gasteiger partial charge on any atom is -0.395 e. The number of thioether (sulfide) groups is 1. The highest BCUT2D eigenvalue weighted by Gasteiger charge is 2.23. The van der Waals surface area contributed by atoms with Crippen LogP contribution in [0.15, 0.2) is 22.3 Å². The van der Waals surface area contributed by atoms with Gasteiger partial charge in [-0.3, -0.25) is 0 Å². The molecule has 20 heavy (non-hydrogen) atoms. The van der Waals surface area contributed by atoms with Crippen molar-refractivity contribution in [1.82, 2.24) is 15.3 Å². The highest BCUT2D eigenvalue weighted by atomic mass is 32.2. The van der Waals surface area contributed by atoms with Gasteiger partial charge in [0.2, 0.25) is 5.95 Å². The maximum Gasteiger partial charge on any atom is 0.223 e. The van der Waals surface area contributed by atoms with E-state index in [0.29, 0.717) is 17.7 Å². The number of nitrogens with two attached hydrogens (primary N) is 1. The molecule has 1 saturated carbocycles. The number of hydrogen-bond acceptors (Lipinski definition) is 6. The van der Waals surface area contributed by atoms with E-state index in [1.807, 2.05) is 13.1 Å². The lowest BCUT2D eigenvalue weighted by atomic mass is 10.2. The van der Waals surface area contributed by atoms with Crippen LogP contribution < -0.4 is 16.4 Å². The molecule has 2 heterocycles. The first-order valence-corrected chi connectivity index (χ1v) is 7.78. The SMILES string of the molecule is CCC1=CS/C(=C(/N)c2nc(NC3CC3)ncc2C)N1. The molecule has 1 aliphatic carbocycles. The van der Waals surface area contributed by atoms with Gasteiger partial charge in [-0.2, -0.15) is 0 Å². The first-order chi connectivity index (χ1) is 9.67. The van der Waals surface area contributed by atoms with Crippen LogP contribution in [0.4, 0.5) is 5.95 Å². The number of nitrogens with zero attached hydrogens (tertiary/aromatic N) is 2. The zero-order chi connectivity index (χ0) is 14.1. The monoisotopic (exact) mass is 289 g/mol. The Morgan fingerprint density at radius 1 is 1.55 bits per heavy atom. The van der Waals surface area contributed by atoms with Gasteiger partial charge in [0.05, 0.1) is 11.4 Å². The lowest BCUT2D eigenvalue weighted by Crippen LogP contribution is -2.14. The summed E-state index contributed by atoms with van der Waals surface area (Å²) in [4.78, 5) is 8.88. The maximum absolute atomic E-state index is 6.28. The van der Waals surface area contributed by atoms with E-state index in [-0.39, 0.29) is 0 Å². The molecule has 0 saturated heterocycles. The minimum atomic E-state index is 0.534. The maximum atomic E-state index is 6.28. The Kier molecular flexibility index (Phi) is 3.56. The second kappa shape index (κ2) is 5.36. The Morgan fingerprint density at radius 3 is 3.00 bits per heavy atom. The Bertz CT molecular complexity index is 589. The minimum absolute atomic E-state index is 0.534. The van der Waals surface area contributed by atoms with E-state index in [2.05, 4.69) is 32.9 Å². The Labute approximate surface area is 123 Å². The first kappa shape index (κ1) is 13.3. The van der Waals surface area contributed by atoms with Gasteiger partial charge in [0.1, 0.15) is 5.03 Å². The number of nitrogens with one attached hydrogen (secondary N) is 2. The number of aromatic nitrogens is 2. The van der Waals surface area contributed by atoms with E-state index in [1.165, 1.54) is 18.5 Å². The van der Waals surface area contributed by atoms with Crippen LogP contribution in [0.25, 0.3) is 5.70 Å². The largest absolute Gasteiger partial charge is 0.395 e. The van der Waals surface area contributed by atoms with Gasteiger partial charge < -0.3 is 16.4 Å². The summed E-state index contributed by atoms with van der Waals surface area (Å²) in [6, 6.07) is 0.534. The standard InChI is InChI=1S/C14H19N5S/c1-3-9-7-20-13(17-9)11(15)12-8(2)6-16-14(19-12)18-10-4-5-10/h6-7,10,17H,3-5,15H2,1-2H3,(H,16,18,19)/b13-11+. The van der Waals surface area contributed by atoms with Gasteiger partial charge >= 0.3 is 0 Å².